The summed E-state index contributed by atoms with van der Waals surface area (Å²) in [6.45, 7) is 0. The standard InChI is InChI=1S/C17H15ClN6O/c1-23(12-6-3-2-4-7-12)15-10-11-16(22-21-15)24(19)17(25)13-8-5-9-14(18)20-13/h2-11H,19H2,1H3. The fourth-order valence-electron chi connectivity index (χ4n) is 2.16. The van der Waals surface area contributed by atoms with Gasteiger partial charge in [0.1, 0.15) is 10.8 Å². The summed E-state index contributed by atoms with van der Waals surface area (Å²) in [5.41, 5.74) is 1.09. The quantitative estimate of drug-likeness (QED) is 0.335. The topological polar surface area (TPSA) is 88.2 Å². The van der Waals surface area contributed by atoms with E-state index in [-0.39, 0.29) is 16.7 Å². The number of nitrogens with two attached hydrogens (primary N) is 1. The Morgan fingerprint density at radius 2 is 1.64 bits per heavy atom. The minimum Gasteiger partial charge on any atom is -0.328 e. The predicted octanol–water partition coefficient (Wildman–Crippen LogP) is 2.81. The number of aromatic nitrogens is 3. The van der Waals surface area contributed by atoms with Crippen molar-refractivity contribution in [2.24, 2.45) is 5.84 Å². The normalized spacial score (nSPS) is 10.4. The lowest BCUT2D eigenvalue weighted by molar-refractivity contribution is 0.0981. The number of nitrogens with zero attached hydrogens (tertiary/aromatic N) is 5. The van der Waals surface area contributed by atoms with Gasteiger partial charge < -0.3 is 4.90 Å². The monoisotopic (exact) mass is 354 g/mol. The first-order valence-electron chi connectivity index (χ1n) is 7.40. The van der Waals surface area contributed by atoms with Gasteiger partial charge in [0, 0.05) is 12.7 Å². The number of hydrogen-bond donors (Lipinski definition) is 1. The summed E-state index contributed by atoms with van der Waals surface area (Å²) in [6, 6.07) is 17.8. The Morgan fingerprint density at radius 3 is 2.28 bits per heavy atom. The average molecular weight is 355 g/mol. The van der Waals surface area contributed by atoms with Gasteiger partial charge in [0.15, 0.2) is 11.6 Å². The van der Waals surface area contributed by atoms with Gasteiger partial charge in [-0.3, -0.25) is 4.79 Å². The Morgan fingerprint density at radius 1 is 0.960 bits per heavy atom. The van der Waals surface area contributed by atoms with Crippen LogP contribution in [0.4, 0.5) is 17.3 Å². The van der Waals surface area contributed by atoms with Gasteiger partial charge in [-0.15, -0.1) is 10.2 Å². The molecule has 3 aromatic rings. The molecule has 0 saturated carbocycles. The molecule has 8 heteroatoms. The van der Waals surface area contributed by atoms with Crippen molar-refractivity contribution in [2.75, 3.05) is 17.0 Å². The highest BCUT2D eigenvalue weighted by atomic mass is 35.5. The molecule has 0 radical (unpaired) electrons. The maximum Gasteiger partial charge on any atom is 0.292 e. The number of benzene rings is 1. The smallest absolute Gasteiger partial charge is 0.292 e. The molecule has 0 atom stereocenters. The molecule has 7 nitrogen and oxygen atoms in total. The first-order chi connectivity index (χ1) is 12.1. The molecule has 0 aliphatic heterocycles. The SMILES string of the molecule is CN(c1ccccc1)c1ccc(N(N)C(=O)c2cccc(Cl)n2)nn1. The molecule has 0 unspecified atom stereocenters. The number of amides is 1. The third kappa shape index (κ3) is 3.73. The van der Waals surface area contributed by atoms with Crippen LogP contribution in [-0.4, -0.2) is 28.1 Å². The van der Waals surface area contributed by atoms with Gasteiger partial charge in [0.2, 0.25) is 0 Å². The third-order valence-electron chi connectivity index (χ3n) is 3.52. The van der Waals surface area contributed by atoms with Crippen molar-refractivity contribution in [2.45, 2.75) is 0 Å². The number of carbonyl (C=O) groups excluding carboxylic acids is 1. The number of halogens is 1. The Kier molecular flexibility index (Phi) is 4.87. The van der Waals surface area contributed by atoms with Crippen molar-refractivity contribution in [1.29, 1.82) is 0 Å². The summed E-state index contributed by atoms with van der Waals surface area (Å²) >= 11 is 5.80. The maximum absolute atomic E-state index is 12.3. The van der Waals surface area contributed by atoms with Crippen molar-refractivity contribution in [3.05, 3.63) is 71.5 Å². The zero-order valence-corrected chi connectivity index (χ0v) is 14.1. The van der Waals surface area contributed by atoms with Crippen LogP contribution in [0.25, 0.3) is 0 Å². The van der Waals surface area contributed by atoms with E-state index in [1.165, 1.54) is 6.07 Å². The van der Waals surface area contributed by atoms with Crippen LogP contribution in [0.15, 0.2) is 60.7 Å². The van der Waals surface area contributed by atoms with Gasteiger partial charge in [0.25, 0.3) is 5.91 Å². The highest BCUT2D eigenvalue weighted by Crippen LogP contribution is 2.21. The molecule has 2 aromatic heterocycles. The van der Waals surface area contributed by atoms with Crippen LogP contribution in [-0.2, 0) is 0 Å². The highest BCUT2D eigenvalue weighted by Gasteiger charge is 2.18. The molecule has 2 heterocycles. The van der Waals surface area contributed by atoms with Gasteiger partial charge in [-0.1, -0.05) is 35.9 Å². The van der Waals surface area contributed by atoms with E-state index in [1.807, 2.05) is 42.3 Å². The van der Waals surface area contributed by atoms with Crippen molar-refractivity contribution >= 4 is 34.8 Å². The average Bonchev–Trinajstić information content (AvgIpc) is 2.67. The molecule has 1 aromatic carbocycles. The lowest BCUT2D eigenvalue weighted by Gasteiger charge is -2.19. The van der Waals surface area contributed by atoms with Crippen LogP contribution in [0.1, 0.15) is 10.5 Å². The highest BCUT2D eigenvalue weighted by molar-refractivity contribution is 6.29. The Bertz CT molecular complexity index is 872. The molecular formula is C17H15ClN6O. The zero-order chi connectivity index (χ0) is 17.8. The number of anilines is 3. The molecule has 25 heavy (non-hydrogen) atoms. The van der Waals surface area contributed by atoms with Crippen LogP contribution in [0.5, 0.6) is 0 Å². The van der Waals surface area contributed by atoms with E-state index < -0.39 is 5.91 Å². The minimum atomic E-state index is -0.527. The largest absolute Gasteiger partial charge is 0.328 e. The second-order valence-corrected chi connectivity index (χ2v) is 5.55. The van der Waals surface area contributed by atoms with Gasteiger partial charge in [-0.2, -0.15) is 0 Å². The molecule has 0 bridgehead atoms. The summed E-state index contributed by atoms with van der Waals surface area (Å²) in [5, 5.41) is 9.25. The van der Waals surface area contributed by atoms with E-state index in [2.05, 4.69) is 15.2 Å². The lowest BCUT2D eigenvalue weighted by Crippen LogP contribution is -2.38. The number of pyridine rings is 1. The number of hydrogen-bond acceptors (Lipinski definition) is 6. The predicted molar refractivity (Wildman–Crippen MR) is 96.8 cm³/mol. The molecular weight excluding hydrogens is 340 g/mol. The van der Waals surface area contributed by atoms with Crippen molar-refractivity contribution in [3.63, 3.8) is 0 Å². The van der Waals surface area contributed by atoms with Gasteiger partial charge in [-0.05, 0) is 36.4 Å². The summed E-state index contributed by atoms with van der Waals surface area (Å²) in [5.74, 6) is 6.14. The third-order valence-corrected chi connectivity index (χ3v) is 3.73. The number of carbonyl (C=O) groups is 1. The molecule has 0 fully saturated rings. The first-order valence-corrected chi connectivity index (χ1v) is 7.78. The van der Waals surface area contributed by atoms with Crippen molar-refractivity contribution in [3.8, 4) is 0 Å². The first kappa shape index (κ1) is 16.8. The molecule has 0 aliphatic carbocycles. The number of rotatable bonds is 4. The van der Waals surface area contributed by atoms with E-state index in [0.717, 1.165) is 10.7 Å². The lowest BCUT2D eigenvalue weighted by atomic mass is 10.3. The zero-order valence-electron chi connectivity index (χ0n) is 13.4. The van der Waals surface area contributed by atoms with Crippen LogP contribution in [0.2, 0.25) is 5.15 Å². The summed E-state index contributed by atoms with van der Waals surface area (Å²) in [4.78, 5) is 18.2. The Balaban J connectivity index is 1.79. The van der Waals surface area contributed by atoms with Crippen molar-refractivity contribution in [1.82, 2.24) is 15.2 Å². The summed E-state index contributed by atoms with van der Waals surface area (Å²) < 4.78 is 0. The maximum atomic E-state index is 12.3. The Labute approximate surface area is 149 Å². The van der Waals surface area contributed by atoms with E-state index in [4.69, 9.17) is 17.4 Å². The second-order valence-electron chi connectivity index (χ2n) is 5.17. The number of hydrazine groups is 1. The van der Waals surface area contributed by atoms with Crippen molar-refractivity contribution < 1.29 is 4.79 Å². The second kappa shape index (κ2) is 7.25. The van der Waals surface area contributed by atoms with Gasteiger partial charge >= 0.3 is 0 Å². The molecule has 3 rings (SSSR count). The van der Waals surface area contributed by atoms with E-state index >= 15 is 0 Å². The van der Waals surface area contributed by atoms with Gasteiger partial charge in [-0.25, -0.2) is 15.8 Å². The van der Waals surface area contributed by atoms with E-state index in [9.17, 15) is 4.79 Å². The fraction of sp³-hybridized carbons (Fsp3) is 0.0588. The summed E-state index contributed by atoms with van der Waals surface area (Å²) in [6.07, 6.45) is 0. The van der Waals surface area contributed by atoms with E-state index in [1.54, 1.807) is 24.3 Å². The Hall–Kier alpha value is -3.03. The molecule has 126 valence electrons. The van der Waals surface area contributed by atoms with Crippen LogP contribution in [0, 0.1) is 0 Å². The van der Waals surface area contributed by atoms with Crippen LogP contribution < -0.4 is 15.8 Å². The molecule has 0 spiro atoms. The molecule has 1 amide bonds. The molecule has 2 N–H and O–H groups in total. The number of para-hydroxylation sites is 1. The fourth-order valence-corrected chi connectivity index (χ4v) is 2.33. The molecule has 0 saturated heterocycles. The van der Waals surface area contributed by atoms with Gasteiger partial charge in [0.05, 0.1) is 0 Å². The molecule has 0 aliphatic rings. The van der Waals surface area contributed by atoms with Crippen LogP contribution >= 0.6 is 11.6 Å². The summed E-state index contributed by atoms with van der Waals surface area (Å²) in [7, 11) is 1.88. The van der Waals surface area contributed by atoms with Crippen LogP contribution in [0.3, 0.4) is 0 Å². The minimum absolute atomic E-state index is 0.127. The van der Waals surface area contributed by atoms with E-state index in [0.29, 0.717) is 5.82 Å².